The zero-order valence-corrected chi connectivity index (χ0v) is 15.6. The van der Waals surface area contributed by atoms with Gasteiger partial charge in [0.15, 0.2) is 11.5 Å². The van der Waals surface area contributed by atoms with Crippen LogP contribution in [-0.4, -0.2) is 30.1 Å². The molecule has 0 saturated carbocycles. The fraction of sp³-hybridized carbons (Fsp3) is 0.300. The van der Waals surface area contributed by atoms with E-state index in [-0.39, 0.29) is 12.5 Å². The molecule has 0 radical (unpaired) electrons. The number of nitrogens with one attached hydrogen (secondary N) is 1. The minimum absolute atomic E-state index is 0.107. The molecule has 0 unspecified atom stereocenters. The second-order valence-corrected chi connectivity index (χ2v) is 6.96. The van der Waals surface area contributed by atoms with Crippen LogP contribution in [0.2, 0.25) is 5.02 Å². The van der Waals surface area contributed by atoms with Gasteiger partial charge in [0.1, 0.15) is 18.8 Å². The van der Waals surface area contributed by atoms with Crippen molar-refractivity contribution in [2.75, 3.05) is 13.2 Å². The Bertz CT molecular complexity index is 902. The van der Waals surface area contributed by atoms with E-state index in [2.05, 4.69) is 5.32 Å². The lowest BCUT2D eigenvalue weighted by Crippen LogP contribution is -2.43. The number of urea groups is 1. The number of imide groups is 1. The van der Waals surface area contributed by atoms with E-state index in [1.54, 1.807) is 12.1 Å². The molecule has 1 fully saturated rings. The molecule has 0 spiro atoms. The van der Waals surface area contributed by atoms with E-state index in [0.717, 1.165) is 5.56 Å². The molecule has 140 valence electrons. The van der Waals surface area contributed by atoms with E-state index < -0.39 is 11.6 Å². The summed E-state index contributed by atoms with van der Waals surface area (Å²) in [7, 11) is 0. The lowest BCUT2D eigenvalue weighted by Gasteiger charge is -2.26. The van der Waals surface area contributed by atoms with Crippen LogP contribution in [0.1, 0.15) is 24.5 Å². The Kier molecular flexibility index (Phi) is 4.44. The van der Waals surface area contributed by atoms with E-state index >= 15 is 0 Å². The summed E-state index contributed by atoms with van der Waals surface area (Å²) in [5.41, 5.74) is 0.428. The first-order valence-corrected chi connectivity index (χ1v) is 9.20. The third-order valence-electron chi connectivity index (χ3n) is 4.97. The SMILES string of the molecule is CC[C@@]1(c2ccccc2)NC(=O)N(Cc2cc(Cl)c3c(c2)OCCO3)C1=O. The van der Waals surface area contributed by atoms with Crippen molar-refractivity contribution in [1.82, 2.24) is 10.2 Å². The van der Waals surface area contributed by atoms with Gasteiger partial charge in [0.2, 0.25) is 0 Å². The molecular weight excluding hydrogens is 368 g/mol. The number of fused-ring (bicyclic) bond motifs is 1. The van der Waals surface area contributed by atoms with Crippen molar-refractivity contribution in [3.05, 3.63) is 58.6 Å². The van der Waals surface area contributed by atoms with Gasteiger partial charge in [-0.3, -0.25) is 9.69 Å². The van der Waals surface area contributed by atoms with Crippen molar-refractivity contribution in [1.29, 1.82) is 0 Å². The van der Waals surface area contributed by atoms with Crippen molar-refractivity contribution >= 4 is 23.5 Å². The third-order valence-corrected chi connectivity index (χ3v) is 5.25. The Balaban J connectivity index is 1.65. The summed E-state index contributed by atoms with van der Waals surface area (Å²) in [6.07, 6.45) is 0.458. The van der Waals surface area contributed by atoms with Gasteiger partial charge in [-0.05, 0) is 29.7 Å². The van der Waals surface area contributed by atoms with Gasteiger partial charge in [-0.15, -0.1) is 0 Å². The summed E-state index contributed by atoms with van der Waals surface area (Å²) in [5.74, 6) is 0.754. The fourth-order valence-corrected chi connectivity index (χ4v) is 3.86. The Morgan fingerprint density at radius 2 is 1.89 bits per heavy atom. The van der Waals surface area contributed by atoms with Crippen LogP contribution >= 0.6 is 11.6 Å². The molecule has 0 aromatic heterocycles. The van der Waals surface area contributed by atoms with Crippen molar-refractivity contribution in [3.8, 4) is 11.5 Å². The number of carbonyl (C=O) groups excluding carboxylic acids is 2. The highest BCUT2D eigenvalue weighted by Gasteiger charge is 2.51. The van der Waals surface area contributed by atoms with Crippen LogP contribution in [0.3, 0.4) is 0 Å². The van der Waals surface area contributed by atoms with Crippen LogP contribution in [0.5, 0.6) is 11.5 Å². The van der Waals surface area contributed by atoms with Crippen molar-refractivity contribution in [3.63, 3.8) is 0 Å². The monoisotopic (exact) mass is 386 g/mol. The van der Waals surface area contributed by atoms with Crippen LogP contribution in [0.4, 0.5) is 4.79 Å². The number of hydrogen-bond acceptors (Lipinski definition) is 4. The molecule has 1 N–H and O–H groups in total. The lowest BCUT2D eigenvalue weighted by atomic mass is 9.87. The second kappa shape index (κ2) is 6.78. The predicted octanol–water partition coefficient (Wildman–Crippen LogP) is 3.47. The van der Waals surface area contributed by atoms with Crippen molar-refractivity contribution < 1.29 is 19.1 Å². The van der Waals surface area contributed by atoms with Gasteiger partial charge >= 0.3 is 6.03 Å². The molecule has 2 heterocycles. The minimum atomic E-state index is -1.05. The number of amides is 3. The summed E-state index contributed by atoms with van der Waals surface area (Å²) in [4.78, 5) is 27.0. The summed E-state index contributed by atoms with van der Waals surface area (Å²) in [6, 6.07) is 12.3. The van der Waals surface area contributed by atoms with E-state index in [1.165, 1.54) is 4.90 Å². The molecule has 6 nitrogen and oxygen atoms in total. The first-order valence-electron chi connectivity index (χ1n) is 8.83. The number of nitrogens with zero attached hydrogens (tertiary/aromatic N) is 1. The molecule has 27 heavy (non-hydrogen) atoms. The number of hydrogen-bond donors (Lipinski definition) is 1. The molecule has 2 aliphatic rings. The molecule has 4 rings (SSSR count). The molecule has 1 saturated heterocycles. The van der Waals surface area contributed by atoms with Crippen LogP contribution in [-0.2, 0) is 16.9 Å². The Hall–Kier alpha value is -2.73. The first-order chi connectivity index (χ1) is 13.0. The second-order valence-electron chi connectivity index (χ2n) is 6.55. The van der Waals surface area contributed by atoms with Crippen LogP contribution in [0.15, 0.2) is 42.5 Å². The largest absolute Gasteiger partial charge is 0.486 e. The van der Waals surface area contributed by atoms with Gasteiger partial charge in [0.25, 0.3) is 5.91 Å². The molecule has 3 amide bonds. The number of carbonyl (C=O) groups is 2. The summed E-state index contributed by atoms with van der Waals surface area (Å²) >= 11 is 6.28. The predicted molar refractivity (Wildman–Crippen MR) is 99.9 cm³/mol. The van der Waals surface area contributed by atoms with Gasteiger partial charge in [0, 0.05) is 0 Å². The highest BCUT2D eigenvalue weighted by Crippen LogP contribution is 2.39. The topological polar surface area (TPSA) is 67.9 Å². The van der Waals surface area contributed by atoms with Crippen LogP contribution in [0.25, 0.3) is 0 Å². The molecule has 7 heteroatoms. The van der Waals surface area contributed by atoms with E-state index in [4.69, 9.17) is 21.1 Å². The van der Waals surface area contributed by atoms with Gasteiger partial charge in [-0.25, -0.2) is 4.79 Å². The number of benzene rings is 2. The number of ether oxygens (including phenoxy) is 2. The molecule has 2 aromatic carbocycles. The quantitative estimate of drug-likeness (QED) is 0.817. The maximum atomic E-state index is 13.2. The molecule has 2 aliphatic heterocycles. The van der Waals surface area contributed by atoms with Crippen LogP contribution in [0, 0.1) is 0 Å². The van der Waals surface area contributed by atoms with Gasteiger partial charge in [-0.2, -0.15) is 0 Å². The molecule has 0 aliphatic carbocycles. The lowest BCUT2D eigenvalue weighted by molar-refractivity contribution is -0.132. The zero-order valence-electron chi connectivity index (χ0n) is 14.8. The van der Waals surface area contributed by atoms with Gasteiger partial charge in [0.05, 0.1) is 11.6 Å². The zero-order chi connectivity index (χ0) is 19.0. The van der Waals surface area contributed by atoms with Crippen LogP contribution < -0.4 is 14.8 Å². The smallest absolute Gasteiger partial charge is 0.325 e. The van der Waals surface area contributed by atoms with Gasteiger partial charge < -0.3 is 14.8 Å². The first kappa shape index (κ1) is 17.7. The Labute approximate surface area is 162 Å². The summed E-state index contributed by atoms with van der Waals surface area (Å²) in [5, 5.41) is 3.28. The van der Waals surface area contributed by atoms with E-state index in [0.29, 0.717) is 41.7 Å². The minimum Gasteiger partial charge on any atom is -0.486 e. The maximum absolute atomic E-state index is 13.2. The Morgan fingerprint density at radius 1 is 1.15 bits per heavy atom. The molecule has 1 atom stereocenters. The number of halogens is 1. The molecule has 2 aromatic rings. The van der Waals surface area contributed by atoms with Crippen molar-refractivity contribution in [2.45, 2.75) is 25.4 Å². The van der Waals surface area contributed by atoms with E-state index in [9.17, 15) is 9.59 Å². The molecule has 0 bridgehead atoms. The fourth-order valence-electron chi connectivity index (χ4n) is 3.57. The normalized spacial score (nSPS) is 21.3. The highest BCUT2D eigenvalue weighted by molar-refractivity contribution is 6.32. The summed E-state index contributed by atoms with van der Waals surface area (Å²) < 4.78 is 11.1. The maximum Gasteiger partial charge on any atom is 0.325 e. The third kappa shape index (κ3) is 2.90. The Morgan fingerprint density at radius 3 is 2.63 bits per heavy atom. The highest BCUT2D eigenvalue weighted by atomic mass is 35.5. The number of rotatable bonds is 4. The summed E-state index contributed by atoms with van der Waals surface area (Å²) in [6.45, 7) is 2.86. The van der Waals surface area contributed by atoms with Crippen molar-refractivity contribution in [2.24, 2.45) is 0 Å². The molecular formula is C20H19ClN2O4. The standard InChI is InChI=1S/C20H19ClN2O4/c1-2-20(14-6-4-3-5-7-14)18(24)23(19(25)22-20)12-13-10-15(21)17-16(11-13)26-8-9-27-17/h3-7,10-11H,2,8-9,12H2,1H3,(H,22,25)/t20-/m0/s1. The van der Waals surface area contributed by atoms with E-state index in [1.807, 2.05) is 37.3 Å². The van der Waals surface area contributed by atoms with Gasteiger partial charge in [-0.1, -0.05) is 48.9 Å². The average molecular weight is 387 g/mol. The average Bonchev–Trinajstić information content (AvgIpc) is 2.94.